The van der Waals surface area contributed by atoms with Crippen molar-refractivity contribution >= 4 is 45.8 Å². The van der Waals surface area contributed by atoms with E-state index in [1.807, 2.05) is 56.7 Å². The molecule has 3 saturated heterocycles. The van der Waals surface area contributed by atoms with Crippen molar-refractivity contribution in [3.8, 4) is 28.1 Å². The Bertz CT molecular complexity index is 2630. The molecule has 6 heterocycles. The summed E-state index contributed by atoms with van der Waals surface area (Å²) in [5.41, 5.74) is 6.50. The third kappa shape index (κ3) is 8.25. The van der Waals surface area contributed by atoms with Crippen LogP contribution in [0.15, 0.2) is 48.7 Å². The molecule has 0 aliphatic carbocycles. The predicted octanol–water partition coefficient (Wildman–Crippen LogP) is 8.38. The number of benzene rings is 3. The quantitative estimate of drug-likeness (QED) is 0.0906. The van der Waals surface area contributed by atoms with Crippen LogP contribution < -0.4 is 15.4 Å². The number of carbonyl (C=O) groups excluding carboxylic acids is 3. The highest BCUT2D eigenvalue weighted by Gasteiger charge is 2.45. The molecule has 344 valence electrons. The van der Waals surface area contributed by atoms with Crippen molar-refractivity contribution in [2.45, 2.75) is 142 Å². The smallest absolute Gasteiger partial charge is 0.407 e. The number of imidazole rings is 2. The van der Waals surface area contributed by atoms with Gasteiger partial charge >= 0.3 is 12.2 Å². The average molecular weight is 889 g/mol. The Morgan fingerprint density at radius 1 is 0.892 bits per heavy atom. The molecule has 5 N–H and O–H groups in total. The number of aromatic amines is 2. The minimum absolute atomic E-state index is 0.0230. The van der Waals surface area contributed by atoms with Crippen molar-refractivity contribution in [3.63, 3.8) is 0 Å². The number of aromatic nitrogens is 4. The van der Waals surface area contributed by atoms with E-state index in [1.165, 1.54) is 7.11 Å². The SMILES string of the molecule is CC[C@H]1CC[C@@H](c2nc3c(ccc4cc5c(cc43)OCc3cc(-c4cnc([C@@H]6CC[C@H](C)N6C(=O)[C@@H](NC(=O)OC)C(C)C)[nH]4)ccc3-5)[nH]2)N1C(=O)[C@@H](NC(=O)O)C1C[C@@H](C)O[C@H](C)C1. The van der Waals surface area contributed by atoms with E-state index in [0.717, 1.165) is 81.2 Å². The van der Waals surface area contributed by atoms with Gasteiger partial charge < -0.3 is 49.7 Å². The summed E-state index contributed by atoms with van der Waals surface area (Å²) in [6.07, 6.45) is 4.83. The number of nitrogens with one attached hydrogen (secondary N) is 4. The van der Waals surface area contributed by atoms with Gasteiger partial charge in [0.25, 0.3) is 0 Å². The van der Waals surface area contributed by atoms with Crippen LogP contribution in [0.3, 0.4) is 0 Å². The number of ether oxygens (including phenoxy) is 3. The standard InChI is InChI=1S/C49H60N8O8/c1-8-32-12-16-39(57(32)47(59)42(54-48(60)61)30-17-26(5)65-27(6)18-30)45-51-36-14-11-28-20-35-33-13-10-29(19-31(33)23-64-40(35)21-34(28)43(36)53-45)37-22-50-44(52-37)38-15-9-25(4)56(38)46(58)41(24(2)3)55-49(62)63-7/h10-11,13-14,19-22,24-27,30,32,38-39,41-42,54H,8-9,12,15-18,23H2,1-7H3,(H,50,52)(H,51,53)(H,55,62)(H,60,61)/t25-,26+,27+,32-,38-,39-,41-,42-/m0/s1. The lowest BCUT2D eigenvalue weighted by atomic mass is 9.85. The van der Waals surface area contributed by atoms with E-state index in [-0.39, 0.29) is 60.0 Å². The Morgan fingerprint density at radius 3 is 2.37 bits per heavy atom. The third-order valence-electron chi connectivity index (χ3n) is 14.2. The maximum atomic E-state index is 14.6. The minimum atomic E-state index is -1.21. The molecule has 4 amide bonds. The second-order valence-corrected chi connectivity index (χ2v) is 18.9. The molecular formula is C49H60N8O8. The Labute approximate surface area is 378 Å². The zero-order chi connectivity index (χ0) is 45.8. The fourth-order valence-corrected chi connectivity index (χ4v) is 11.1. The van der Waals surface area contributed by atoms with Gasteiger partial charge in [0.05, 0.1) is 54.3 Å². The number of H-pyrrole nitrogens is 2. The zero-order valence-corrected chi connectivity index (χ0v) is 38.1. The number of likely N-dealkylation sites (tertiary alicyclic amines) is 2. The number of hydrogen-bond acceptors (Lipinski definition) is 9. The average Bonchev–Trinajstić information content (AvgIpc) is 4.11. The molecule has 2 aromatic heterocycles. The number of methoxy groups -OCH3 is 1. The minimum Gasteiger partial charge on any atom is -0.488 e. The van der Waals surface area contributed by atoms with E-state index in [9.17, 15) is 24.3 Å². The number of carbonyl (C=O) groups is 4. The topological polar surface area (TPSA) is 204 Å². The molecule has 5 aromatic rings. The summed E-state index contributed by atoms with van der Waals surface area (Å²) < 4.78 is 17.2. The molecule has 0 spiro atoms. The van der Waals surface area contributed by atoms with Gasteiger partial charge in [0.2, 0.25) is 11.8 Å². The highest BCUT2D eigenvalue weighted by atomic mass is 16.5. The molecule has 16 heteroatoms. The lowest BCUT2D eigenvalue weighted by Crippen LogP contribution is -2.55. The van der Waals surface area contributed by atoms with Crippen LogP contribution >= 0.6 is 0 Å². The Balaban J connectivity index is 0.971. The first-order valence-corrected chi connectivity index (χ1v) is 23.1. The van der Waals surface area contributed by atoms with Crippen molar-refractivity contribution in [1.82, 2.24) is 40.4 Å². The predicted molar refractivity (Wildman–Crippen MR) is 244 cm³/mol. The van der Waals surface area contributed by atoms with Crippen molar-refractivity contribution in [2.75, 3.05) is 7.11 Å². The number of fused-ring (bicyclic) bond motifs is 6. The molecular weight excluding hydrogens is 829 g/mol. The van der Waals surface area contributed by atoms with Gasteiger partial charge in [-0.05, 0) is 124 Å². The second kappa shape index (κ2) is 17.7. The number of alkyl carbamates (subject to hydrolysis) is 1. The molecule has 4 aliphatic heterocycles. The number of amides is 4. The summed E-state index contributed by atoms with van der Waals surface area (Å²) in [7, 11) is 1.29. The molecule has 3 aromatic carbocycles. The summed E-state index contributed by atoms with van der Waals surface area (Å²) in [6.45, 7) is 12.2. The maximum Gasteiger partial charge on any atom is 0.407 e. The summed E-state index contributed by atoms with van der Waals surface area (Å²) >= 11 is 0. The summed E-state index contributed by atoms with van der Waals surface area (Å²) in [6, 6.07) is 12.4. The Kier molecular flexibility index (Phi) is 12.0. The van der Waals surface area contributed by atoms with Gasteiger partial charge in [-0.3, -0.25) is 9.59 Å². The molecule has 16 nitrogen and oxygen atoms in total. The van der Waals surface area contributed by atoms with Crippen molar-refractivity contribution in [2.24, 2.45) is 11.8 Å². The van der Waals surface area contributed by atoms with Gasteiger partial charge in [-0.1, -0.05) is 39.0 Å². The van der Waals surface area contributed by atoms with Gasteiger partial charge in [0, 0.05) is 23.0 Å². The van der Waals surface area contributed by atoms with Gasteiger partial charge in [-0.2, -0.15) is 0 Å². The van der Waals surface area contributed by atoms with Gasteiger partial charge in [-0.25, -0.2) is 19.6 Å². The summed E-state index contributed by atoms with van der Waals surface area (Å²) in [4.78, 5) is 73.5. The third-order valence-corrected chi connectivity index (χ3v) is 14.2. The fraction of sp³-hybridized carbons (Fsp3) is 0.510. The highest BCUT2D eigenvalue weighted by Crippen LogP contribution is 2.45. The number of rotatable bonds is 10. The molecule has 4 aliphatic rings. The van der Waals surface area contributed by atoms with Crippen LogP contribution in [0.25, 0.3) is 44.2 Å². The summed E-state index contributed by atoms with van der Waals surface area (Å²) in [5.74, 6) is 1.47. The molecule has 65 heavy (non-hydrogen) atoms. The van der Waals surface area contributed by atoms with Crippen molar-refractivity contribution < 1.29 is 38.5 Å². The molecule has 0 unspecified atom stereocenters. The van der Waals surface area contributed by atoms with E-state index in [1.54, 1.807) is 0 Å². The van der Waals surface area contributed by atoms with Crippen LogP contribution in [-0.4, -0.2) is 102 Å². The van der Waals surface area contributed by atoms with E-state index >= 15 is 0 Å². The monoisotopic (exact) mass is 888 g/mol. The lowest BCUT2D eigenvalue weighted by Gasteiger charge is -2.39. The van der Waals surface area contributed by atoms with Crippen LogP contribution in [0.4, 0.5) is 9.59 Å². The van der Waals surface area contributed by atoms with Crippen LogP contribution in [0.5, 0.6) is 5.75 Å². The first-order valence-electron chi connectivity index (χ1n) is 23.1. The van der Waals surface area contributed by atoms with E-state index < -0.39 is 24.3 Å². The second-order valence-electron chi connectivity index (χ2n) is 18.9. The molecule has 3 fully saturated rings. The fourth-order valence-electron chi connectivity index (χ4n) is 11.1. The maximum absolute atomic E-state index is 14.6. The zero-order valence-electron chi connectivity index (χ0n) is 38.1. The van der Waals surface area contributed by atoms with Crippen LogP contribution in [-0.2, 0) is 25.7 Å². The van der Waals surface area contributed by atoms with Gasteiger partial charge in [-0.15, -0.1) is 0 Å². The molecule has 0 radical (unpaired) electrons. The van der Waals surface area contributed by atoms with Crippen LogP contribution in [0.2, 0.25) is 0 Å². The Hall–Kier alpha value is -6.16. The van der Waals surface area contributed by atoms with Crippen molar-refractivity contribution in [3.05, 3.63) is 65.9 Å². The van der Waals surface area contributed by atoms with Crippen LogP contribution in [0.1, 0.15) is 116 Å². The molecule has 8 atom stereocenters. The number of carboxylic acid groups (broad SMARTS) is 1. The highest BCUT2D eigenvalue weighted by molar-refractivity contribution is 6.07. The summed E-state index contributed by atoms with van der Waals surface area (Å²) in [5, 5.41) is 17.1. The molecule has 0 saturated carbocycles. The van der Waals surface area contributed by atoms with Crippen molar-refractivity contribution in [1.29, 1.82) is 0 Å². The first kappa shape index (κ1) is 44.1. The first-order chi connectivity index (χ1) is 31.2. The van der Waals surface area contributed by atoms with Gasteiger partial charge in [0.1, 0.15) is 36.1 Å². The Morgan fingerprint density at radius 2 is 1.65 bits per heavy atom. The number of hydrogen-bond donors (Lipinski definition) is 5. The normalized spacial score (nSPS) is 25.0. The molecule has 9 rings (SSSR count). The van der Waals surface area contributed by atoms with Gasteiger partial charge in [0.15, 0.2) is 0 Å². The van der Waals surface area contributed by atoms with E-state index in [2.05, 4.69) is 63.9 Å². The largest absolute Gasteiger partial charge is 0.488 e. The van der Waals surface area contributed by atoms with E-state index in [0.29, 0.717) is 37.5 Å². The lowest BCUT2D eigenvalue weighted by molar-refractivity contribution is -0.141. The van der Waals surface area contributed by atoms with E-state index in [4.69, 9.17) is 24.2 Å². The van der Waals surface area contributed by atoms with Crippen LogP contribution in [0, 0.1) is 11.8 Å². The molecule has 0 bridgehead atoms. The number of nitrogens with zero attached hydrogens (tertiary/aromatic N) is 4.